The van der Waals surface area contributed by atoms with E-state index in [0.717, 1.165) is 34.1 Å². The second-order valence-electron chi connectivity index (χ2n) is 26.8. The zero-order valence-corrected chi connectivity index (χ0v) is 54.1. The molecule has 18 nitrogen and oxygen atoms in total. The van der Waals surface area contributed by atoms with Crippen LogP contribution in [0.3, 0.4) is 0 Å². The zero-order chi connectivity index (χ0) is 67.9. The van der Waals surface area contributed by atoms with Crippen LogP contribution in [0.1, 0.15) is 108 Å². The van der Waals surface area contributed by atoms with Gasteiger partial charge in [-0.15, -0.1) is 0 Å². The number of carbonyl (C=O) groups excluding carboxylic acids is 6. The van der Waals surface area contributed by atoms with E-state index >= 15 is 46.3 Å². The van der Waals surface area contributed by atoms with Crippen molar-refractivity contribution in [3.05, 3.63) is 167 Å². The van der Waals surface area contributed by atoms with Gasteiger partial charge in [0.2, 0.25) is 11.8 Å². The molecule has 504 valence electrons. The number of amides is 6. The second-order valence-corrected chi connectivity index (χ2v) is 26.8. The van der Waals surface area contributed by atoms with Gasteiger partial charge in [-0.1, -0.05) is 52.0 Å². The molecule has 6 heterocycles. The van der Waals surface area contributed by atoms with Gasteiger partial charge in [0, 0.05) is 93.5 Å². The first kappa shape index (κ1) is 64.3. The lowest BCUT2D eigenvalue weighted by molar-refractivity contribution is -0.137. The van der Waals surface area contributed by atoms with E-state index in [9.17, 15) is 0 Å². The van der Waals surface area contributed by atoms with Crippen LogP contribution in [0.2, 0.25) is 0 Å². The van der Waals surface area contributed by atoms with E-state index in [1.807, 2.05) is 27.7 Å². The maximum absolute atomic E-state index is 16.3. The first-order valence-corrected chi connectivity index (χ1v) is 33.2. The molecule has 0 spiro atoms. The van der Waals surface area contributed by atoms with Crippen molar-refractivity contribution in [2.24, 2.45) is 11.8 Å². The summed E-state index contributed by atoms with van der Waals surface area (Å²) >= 11 is 0. The van der Waals surface area contributed by atoms with Crippen molar-refractivity contribution in [3.8, 4) is 46.0 Å². The van der Waals surface area contributed by atoms with E-state index in [2.05, 4.69) is 0 Å². The Morgan fingerprint density at radius 1 is 0.398 bits per heavy atom. The van der Waals surface area contributed by atoms with Gasteiger partial charge in [0.15, 0.2) is 0 Å². The smallest absolute Gasteiger partial charge is 0.262 e. The van der Waals surface area contributed by atoms with Crippen LogP contribution in [0.15, 0.2) is 121 Å². The van der Waals surface area contributed by atoms with Crippen LogP contribution >= 0.6 is 0 Å². The summed E-state index contributed by atoms with van der Waals surface area (Å²) in [6.45, 7) is 10.6. The van der Waals surface area contributed by atoms with E-state index in [1.54, 1.807) is 9.80 Å². The third-order valence-corrected chi connectivity index (χ3v) is 18.8. The minimum absolute atomic E-state index is 0.00185. The van der Waals surface area contributed by atoms with Gasteiger partial charge in [-0.2, -0.15) is 0 Å². The summed E-state index contributed by atoms with van der Waals surface area (Å²) in [4.78, 5) is 101. The van der Waals surface area contributed by atoms with Crippen molar-refractivity contribution < 1.29 is 84.2 Å². The predicted octanol–water partition coefficient (Wildman–Crippen LogP) is 14.3. The number of epoxide rings is 4. The van der Waals surface area contributed by atoms with Gasteiger partial charge in [0.05, 0.1) is 73.1 Å². The molecule has 4 saturated heterocycles. The fourth-order valence-electron chi connectivity index (χ4n) is 13.8. The highest BCUT2D eigenvalue weighted by Crippen LogP contribution is 2.58. The predicted molar refractivity (Wildman–Crippen MR) is 352 cm³/mol. The van der Waals surface area contributed by atoms with E-state index in [1.165, 1.54) is 97.1 Å². The second kappa shape index (κ2) is 25.9. The van der Waals surface area contributed by atoms with E-state index < -0.39 is 70.8 Å². The number of benzene rings is 9. The van der Waals surface area contributed by atoms with Crippen LogP contribution in [0.5, 0.6) is 46.0 Å². The Kier molecular flexibility index (Phi) is 17.0. The molecule has 0 saturated carbocycles. The van der Waals surface area contributed by atoms with Gasteiger partial charge in [-0.3, -0.25) is 38.6 Å². The molecule has 4 fully saturated rings. The van der Waals surface area contributed by atoms with Crippen molar-refractivity contribution in [2.75, 3.05) is 52.6 Å². The number of ether oxygens (including phenoxy) is 8. The van der Waals surface area contributed by atoms with Gasteiger partial charge in [0.1, 0.15) is 81.3 Å². The molecule has 0 N–H and O–H groups in total. The van der Waals surface area contributed by atoms with Crippen LogP contribution < -0.4 is 18.9 Å². The first-order chi connectivity index (χ1) is 47.3. The summed E-state index contributed by atoms with van der Waals surface area (Å²) in [5.74, 6) is -9.24. The molecule has 98 heavy (non-hydrogen) atoms. The van der Waals surface area contributed by atoms with E-state index in [-0.39, 0.29) is 187 Å². The maximum Gasteiger partial charge on any atom is 0.262 e. The lowest BCUT2D eigenvalue weighted by Gasteiger charge is -2.38. The SMILES string of the molecule is CC(C)CC(C(=O)N(CCC1CO1)CCC1CO1)N1C(=O)c2cc(Oc3cccc(F)c3)c3c4c(Oc5cccc(F)c5)cc5c6c(cc(Oc7cccc(F)c7)c(c7c(Oc8cccc(F)c8)cc(c2c37)C1=O)c64)C(=O)N(C(CC(C)C)C(=O)N(CCC1CO1)CCC1CO1)C5=O. The van der Waals surface area contributed by atoms with Crippen LogP contribution in [0, 0.1) is 35.1 Å². The summed E-state index contributed by atoms with van der Waals surface area (Å²) in [6.07, 6.45) is 1.77. The van der Waals surface area contributed by atoms with E-state index in [4.69, 9.17) is 37.9 Å². The third kappa shape index (κ3) is 12.7. The highest BCUT2D eigenvalue weighted by Gasteiger charge is 2.48. The monoisotopic (exact) mass is 1340 g/mol. The zero-order valence-electron chi connectivity index (χ0n) is 54.1. The Bertz CT molecular complexity index is 4190. The van der Waals surface area contributed by atoms with Crippen LogP contribution in [-0.4, -0.2) is 144 Å². The molecule has 9 aromatic rings. The molecule has 6 aliphatic heterocycles. The number of imide groups is 2. The first-order valence-electron chi connectivity index (χ1n) is 33.2. The molecule has 9 aromatic carbocycles. The van der Waals surface area contributed by atoms with Gasteiger partial charge in [0.25, 0.3) is 23.6 Å². The minimum Gasteiger partial charge on any atom is -0.457 e. The standard InChI is InChI=1S/C76H68F4N4O14/c1-39(2)25-57(75(89)81(21-17-49-35-91-49)22-18-50-36-92-50)83-71(85)53-31-59(95-45-13-5-9-41(77)27-45)65-67-61(97-47-15-7-11-43(79)29-47)33-55-64-56(74(88)84(73(55)87)58(26-40(3)4)76(90)82(23-19-51-37-93-51)24-20-52-38-94-52)34-62(98-48-16-8-12-44(80)30-48)68(70(64)67)66-60(96-46-14-6-10-42(78)28-46)32-54(72(83)86)63(53)69(65)66/h5-16,27-34,39-40,49-52,57-58H,17-26,35-38H2,1-4H3. The molecule has 6 aliphatic rings. The summed E-state index contributed by atoms with van der Waals surface area (Å²) in [5.41, 5.74) is -0.690. The van der Waals surface area contributed by atoms with Gasteiger partial charge in [-0.05, 0) is 123 Å². The van der Waals surface area contributed by atoms with Crippen LogP contribution in [0.4, 0.5) is 17.6 Å². The number of nitrogens with zero attached hydrogens (tertiary/aromatic N) is 4. The van der Waals surface area contributed by atoms with Crippen molar-refractivity contribution in [1.82, 2.24) is 19.6 Å². The summed E-state index contributed by atoms with van der Waals surface area (Å²) in [7, 11) is 0. The van der Waals surface area contributed by atoms with Gasteiger partial charge < -0.3 is 47.7 Å². The lowest BCUT2D eigenvalue weighted by Crippen LogP contribution is -2.55. The summed E-state index contributed by atoms with van der Waals surface area (Å²) in [5, 5.41) is -0.0227. The maximum atomic E-state index is 16.3. The molecular weight excluding hydrogens is 1270 g/mol. The molecule has 6 atom stereocenters. The number of fused-ring (bicyclic) bond motifs is 2. The average molecular weight is 1340 g/mol. The fourth-order valence-corrected chi connectivity index (χ4v) is 13.8. The summed E-state index contributed by atoms with van der Waals surface area (Å²) in [6, 6.07) is 23.4. The Balaban J connectivity index is 1.04. The molecule has 15 rings (SSSR count). The van der Waals surface area contributed by atoms with Gasteiger partial charge in [-0.25, -0.2) is 17.6 Å². The Morgan fingerprint density at radius 3 is 0.857 bits per heavy atom. The number of carbonyl (C=O) groups is 6. The Labute approximate surface area is 560 Å². The van der Waals surface area contributed by atoms with Crippen molar-refractivity contribution in [2.45, 2.75) is 103 Å². The Hall–Kier alpha value is -9.74. The molecule has 6 amide bonds. The van der Waals surface area contributed by atoms with Crippen LogP contribution in [-0.2, 0) is 28.5 Å². The third-order valence-electron chi connectivity index (χ3n) is 18.8. The molecule has 6 unspecified atom stereocenters. The van der Waals surface area contributed by atoms with Crippen molar-refractivity contribution in [1.29, 1.82) is 0 Å². The highest BCUT2D eigenvalue weighted by molar-refractivity contribution is 6.45. The fraction of sp³-hybridized carbons (Fsp3) is 0.342. The number of hydrogen-bond acceptors (Lipinski definition) is 14. The largest absolute Gasteiger partial charge is 0.457 e. The minimum atomic E-state index is -1.40. The van der Waals surface area contributed by atoms with Gasteiger partial charge >= 0.3 is 0 Å². The number of hydrogen-bond donors (Lipinski definition) is 0. The van der Waals surface area contributed by atoms with Crippen molar-refractivity contribution >= 4 is 78.5 Å². The van der Waals surface area contributed by atoms with Crippen LogP contribution in [0.25, 0.3) is 43.1 Å². The molecule has 0 radical (unpaired) electrons. The van der Waals surface area contributed by atoms with E-state index in [0.29, 0.717) is 52.1 Å². The number of rotatable bonds is 28. The average Bonchev–Trinajstić information content (AvgIpc) is 1.04. The molecule has 0 bridgehead atoms. The molecule has 0 aliphatic carbocycles. The molecular formula is C76H68F4N4O14. The number of halogens is 4. The molecule has 0 aromatic heterocycles. The quantitative estimate of drug-likeness (QED) is 0.0147. The molecule has 22 heteroatoms. The topological polar surface area (TPSA) is 202 Å². The summed E-state index contributed by atoms with van der Waals surface area (Å²) < 4.78 is 113. The van der Waals surface area contributed by atoms with Crippen molar-refractivity contribution in [3.63, 3.8) is 0 Å². The normalized spacial score (nSPS) is 18.9. The Morgan fingerprint density at radius 2 is 0.643 bits per heavy atom. The highest BCUT2D eigenvalue weighted by atomic mass is 19.1. The lowest BCUT2D eigenvalue weighted by atomic mass is 9.80.